The van der Waals surface area contributed by atoms with Gasteiger partial charge in [0.2, 0.25) is 5.91 Å². The van der Waals surface area contributed by atoms with E-state index in [4.69, 9.17) is 5.11 Å². The smallest absolute Gasteiger partial charge is 0.338 e. The Kier molecular flexibility index (Phi) is 4.61. The number of aromatic carboxylic acids is 1. The predicted octanol–water partition coefficient (Wildman–Crippen LogP) is 2.49. The lowest BCUT2D eigenvalue weighted by Gasteiger charge is -2.06. The standard InChI is InChI=1S/C15H13FN2O3/c16-13-9-11(2-3-12(13)15(20)21)18-14(19)4-1-10-5-7-17-8-6-10/h2-3,5-9H,1,4H2,(H,18,19)(H,20,21). The van der Waals surface area contributed by atoms with Crippen LogP contribution in [0.5, 0.6) is 0 Å². The number of aryl methyl sites for hydroxylation is 1. The fourth-order valence-corrected chi connectivity index (χ4v) is 1.80. The lowest BCUT2D eigenvalue weighted by molar-refractivity contribution is -0.116. The first kappa shape index (κ1) is 14.6. The second kappa shape index (κ2) is 6.60. The number of hydrogen-bond acceptors (Lipinski definition) is 3. The SMILES string of the molecule is O=C(CCc1ccncc1)Nc1ccc(C(=O)O)c(F)c1. The third-order valence-corrected chi connectivity index (χ3v) is 2.87. The molecule has 0 aliphatic heterocycles. The van der Waals surface area contributed by atoms with E-state index < -0.39 is 17.3 Å². The molecule has 1 heterocycles. The van der Waals surface area contributed by atoms with Crippen LogP contribution in [0.3, 0.4) is 0 Å². The molecule has 0 fully saturated rings. The van der Waals surface area contributed by atoms with Gasteiger partial charge in [0.25, 0.3) is 0 Å². The lowest BCUT2D eigenvalue weighted by atomic mass is 10.1. The molecule has 5 nitrogen and oxygen atoms in total. The molecule has 0 aliphatic carbocycles. The molecule has 108 valence electrons. The summed E-state index contributed by atoms with van der Waals surface area (Å²) in [5.41, 5.74) is 0.787. The third kappa shape index (κ3) is 4.10. The quantitative estimate of drug-likeness (QED) is 0.886. The van der Waals surface area contributed by atoms with Crippen LogP contribution in [0.25, 0.3) is 0 Å². The first-order valence-electron chi connectivity index (χ1n) is 6.28. The van der Waals surface area contributed by atoms with E-state index in [0.29, 0.717) is 6.42 Å². The van der Waals surface area contributed by atoms with E-state index in [2.05, 4.69) is 10.3 Å². The van der Waals surface area contributed by atoms with Crippen LogP contribution in [0.2, 0.25) is 0 Å². The highest BCUT2D eigenvalue weighted by Gasteiger charge is 2.11. The number of pyridine rings is 1. The summed E-state index contributed by atoms with van der Waals surface area (Å²) in [6.07, 6.45) is 4.08. The molecule has 6 heteroatoms. The number of amides is 1. The molecule has 0 bridgehead atoms. The maximum absolute atomic E-state index is 13.5. The number of benzene rings is 1. The highest BCUT2D eigenvalue weighted by molar-refractivity contribution is 5.92. The van der Waals surface area contributed by atoms with Gasteiger partial charge in [0, 0.05) is 24.5 Å². The molecule has 2 aromatic rings. The summed E-state index contributed by atoms with van der Waals surface area (Å²) in [6, 6.07) is 7.10. The van der Waals surface area contributed by atoms with Crippen molar-refractivity contribution in [3.63, 3.8) is 0 Å². The van der Waals surface area contributed by atoms with Crippen LogP contribution < -0.4 is 5.32 Å². The Bertz CT molecular complexity index is 659. The topological polar surface area (TPSA) is 79.3 Å². The van der Waals surface area contributed by atoms with Crippen LogP contribution >= 0.6 is 0 Å². The highest BCUT2D eigenvalue weighted by atomic mass is 19.1. The molecule has 2 rings (SSSR count). The molecule has 1 aromatic heterocycles. The van der Waals surface area contributed by atoms with Gasteiger partial charge in [-0.25, -0.2) is 9.18 Å². The summed E-state index contributed by atoms with van der Waals surface area (Å²) in [4.78, 5) is 26.3. The fraction of sp³-hybridized carbons (Fsp3) is 0.133. The lowest BCUT2D eigenvalue weighted by Crippen LogP contribution is -2.13. The number of nitrogens with one attached hydrogen (secondary N) is 1. The van der Waals surface area contributed by atoms with Gasteiger partial charge in [-0.05, 0) is 42.3 Å². The number of hydrogen-bond donors (Lipinski definition) is 2. The van der Waals surface area contributed by atoms with Crippen LogP contribution in [-0.2, 0) is 11.2 Å². The van der Waals surface area contributed by atoms with Gasteiger partial charge in [-0.15, -0.1) is 0 Å². The van der Waals surface area contributed by atoms with E-state index in [1.807, 2.05) is 12.1 Å². The number of carbonyl (C=O) groups is 2. The van der Waals surface area contributed by atoms with Crippen LogP contribution in [-0.4, -0.2) is 22.0 Å². The van der Waals surface area contributed by atoms with Crippen molar-refractivity contribution in [1.82, 2.24) is 4.98 Å². The summed E-state index contributed by atoms with van der Waals surface area (Å²) in [5.74, 6) is -2.49. The van der Waals surface area contributed by atoms with Crippen molar-refractivity contribution >= 4 is 17.6 Å². The second-order valence-electron chi connectivity index (χ2n) is 4.40. The summed E-state index contributed by atoms with van der Waals surface area (Å²) >= 11 is 0. The van der Waals surface area contributed by atoms with Crippen molar-refractivity contribution < 1.29 is 19.1 Å². The van der Waals surface area contributed by atoms with E-state index in [-0.39, 0.29) is 18.0 Å². The van der Waals surface area contributed by atoms with E-state index in [0.717, 1.165) is 17.7 Å². The molecule has 0 atom stereocenters. The van der Waals surface area contributed by atoms with Gasteiger partial charge in [0.15, 0.2) is 0 Å². The van der Waals surface area contributed by atoms with Crippen molar-refractivity contribution in [2.75, 3.05) is 5.32 Å². The zero-order chi connectivity index (χ0) is 15.2. The second-order valence-corrected chi connectivity index (χ2v) is 4.40. The van der Waals surface area contributed by atoms with Gasteiger partial charge in [0.05, 0.1) is 5.56 Å². The number of halogens is 1. The van der Waals surface area contributed by atoms with E-state index >= 15 is 0 Å². The van der Waals surface area contributed by atoms with Crippen LogP contribution in [0, 0.1) is 5.82 Å². The molecular weight excluding hydrogens is 275 g/mol. The monoisotopic (exact) mass is 288 g/mol. The molecule has 0 aliphatic rings. The predicted molar refractivity (Wildman–Crippen MR) is 74.5 cm³/mol. The zero-order valence-electron chi connectivity index (χ0n) is 11.0. The Labute approximate surface area is 120 Å². The molecular formula is C15H13FN2O3. The molecule has 1 amide bonds. The van der Waals surface area contributed by atoms with Crippen LogP contribution in [0.15, 0.2) is 42.7 Å². The number of rotatable bonds is 5. The molecule has 0 radical (unpaired) electrons. The first-order valence-corrected chi connectivity index (χ1v) is 6.28. The van der Waals surface area contributed by atoms with Gasteiger partial charge >= 0.3 is 5.97 Å². The van der Waals surface area contributed by atoms with Crippen molar-refractivity contribution in [1.29, 1.82) is 0 Å². The Morgan fingerprint density at radius 3 is 2.52 bits per heavy atom. The normalized spacial score (nSPS) is 10.1. The van der Waals surface area contributed by atoms with Gasteiger partial charge in [-0.3, -0.25) is 9.78 Å². The maximum Gasteiger partial charge on any atom is 0.338 e. The van der Waals surface area contributed by atoms with E-state index in [9.17, 15) is 14.0 Å². The average Bonchev–Trinajstić information content (AvgIpc) is 2.46. The number of aromatic nitrogens is 1. The Morgan fingerprint density at radius 1 is 1.19 bits per heavy atom. The van der Waals surface area contributed by atoms with Gasteiger partial charge in [-0.2, -0.15) is 0 Å². The molecule has 0 saturated heterocycles. The van der Waals surface area contributed by atoms with E-state index in [1.165, 1.54) is 6.07 Å². The minimum atomic E-state index is -1.34. The summed E-state index contributed by atoms with van der Waals surface area (Å²) in [7, 11) is 0. The average molecular weight is 288 g/mol. The third-order valence-electron chi connectivity index (χ3n) is 2.87. The molecule has 21 heavy (non-hydrogen) atoms. The molecule has 1 aromatic carbocycles. The number of carboxylic acids is 1. The highest BCUT2D eigenvalue weighted by Crippen LogP contribution is 2.15. The molecule has 0 unspecified atom stereocenters. The largest absolute Gasteiger partial charge is 0.478 e. The van der Waals surface area contributed by atoms with Crippen LogP contribution in [0.4, 0.5) is 10.1 Å². The number of nitrogens with zero attached hydrogens (tertiary/aromatic N) is 1. The van der Waals surface area contributed by atoms with Crippen molar-refractivity contribution in [2.24, 2.45) is 0 Å². The van der Waals surface area contributed by atoms with Gasteiger partial charge in [0.1, 0.15) is 5.82 Å². The maximum atomic E-state index is 13.5. The summed E-state index contributed by atoms with van der Waals surface area (Å²) in [6.45, 7) is 0. The number of carbonyl (C=O) groups excluding carboxylic acids is 1. The Morgan fingerprint density at radius 2 is 1.90 bits per heavy atom. The minimum absolute atomic E-state index is 0.234. The molecule has 2 N–H and O–H groups in total. The summed E-state index contributed by atoms with van der Waals surface area (Å²) < 4.78 is 13.5. The van der Waals surface area contributed by atoms with Gasteiger partial charge < -0.3 is 10.4 Å². The number of carboxylic acid groups (broad SMARTS) is 1. The van der Waals surface area contributed by atoms with Crippen molar-refractivity contribution in [2.45, 2.75) is 12.8 Å². The van der Waals surface area contributed by atoms with E-state index in [1.54, 1.807) is 12.4 Å². The minimum Gasteiger partial charge on any atom is -0.478 e. The fourth-order valence-electron chi connectivity index (χ4n) is 1.80. The first-order chi connectivity index (χ1) is 10.1. The molecule has 0 spiro atoms. The van der Waals surface area contributed by atoms with Crippen molar-refractivity contribution in [3.05, 3.63) is 59.7 Å². The Hall–Kier alpha value is -2.76. The zero-order valence-corrected chi connectivity index (χ0v) is 11.0. The Balaban J connectivity index is 1.94. The van der Waals surface area contributed by atoms with Crippen molar-refractivity contribution in [3.8, 4) is 0 Å². The number of anilines is 1. The van der Waals surface area contributed by atoms with Crippen LogP contribution in [0.1, 0.15) is 22.3 Å². The van der Waals surface area contributed by atoms with Gasteiger partial charge in [-0.1, -0.05) is 0 Å². The summed E-state index contributed by atoms with van der Waals surface area (Å²) in [5, 5.41) is 11.2. The molecule has 0 saturated carbocycles.